The van der Waals surface area contributed by atoms with E-state index in [9.17, 15) is 4.79 Å². The minimum Gasteiger partial charge on any atom is -0.391 e. The zero-order chi connectivity index (χ0) is 13.2. The van der Waals surface area contributed by atoms with Crippen LogP contribution in [0.5, 0.6) is 0 Å². The number of hydrogen-bond acceptors (Lipinski definition) is 5. The summed E-state index contributed by atoms with van der Waals surface area (Å²) in [5, 5.41) is 3.49. The molecule has 1 aliphatic carbocycles. The Hall–Kier alpha value is -1.56. The molecule has 0 radical (unpaired) electrons. The first kappa shape index (κ1) is 12.5. The van der Waals surface area contributed by atoms with Crippen molar-refractivity contribution < 1.29 is 0 Å². The number of H-pyrrole nitrogens is 1. The first-order chi connectivity index (χ1) is 9.24. The second-order valence-corrected chi connectivity index (χ2v) is 5.61. The van der Waals surface area contributed by atoms with E-state index in [1.807, 2.05) is 0 Å². The normalized spacial score (nSPS) is 22.6. The van der Waals surface area contributed by atoms with Crippen molar-refractivity contribution in [2.24, 2.45) is 5.92 Å². The second kappa shape index (κ2) is 5.21. The molecule has 1 aromatic rings. The Morgan fingerprint density at radius 2 is 2.21 bits per heavy atom. The lowest BCUT2D eigenvalue weighted by molar-refractivity contribution is 0.567. The van der Waals surface area contributed by atoms with E-state index < -0.39 is 0 Å². The highest BCUT2D eigenvalue weighted by Gasteiger charge is 2.28. The van der Waals surface area contributed by atoms with Crippen LogP contribution in [0.4, 0.5) is 11.5 Å². The molecule has 2 aliphatic rings. The van der Waals surface area contributed by atoms with Crippen LogP contribution in [0, 0.1) is 5.92 Å². The molecule has 4 N–H and O–H groups in total. The van der Waals surface area contributed by atoms with Gasteiger partial charge in [0.25, 0.3) is 5.56 Å². The van der Waals surface area contributed by atoms with Gasteiger partial charge in [-0.2, -0.15) is 0 Å². The van der Waals surface area contributed by atoms with Crippen LogP contribution in [-0.2, 0) is 0 Å². The lowest BCUT2D eigenvalue weighted by Crippen LogP contribution is -2.40. The van der Waals surface area contributed by atoms with E-state index in [-0.39, 0.29) is 11.2 Å². The molecule has 0 amide bonds. The second-order valence-electron chi connectivity index (χ2n) is 5.61. The first-order valence-corrected chi connectivity index (χ1v) is 7.05. The fourth-order valence-corrected chi connectivity index (χ4v) is 2.69. The van der Waals surface area contributed by atoms with Crippen LogP contribution in [0.3, 0.4) is 0 Å². The minimum absolute atomic E-state index is 0.237. The average molecular weight is 263 g/mol. The maximum Gasteiger partial charge on any atom is 0.276 e. The van der Waals surface area contributed by atoms with Gasteiger partial charge in [0, 0.05) is 19.1 Å². The molecular weight excluding hydrogens is 242 g/mol. The number of hydrogen-bond donors (Lipinski definition) is 3. The number of rotatable bonds is 5. The SMILES string of the molecule is Nc1c(N(CC2CC2)CC2CCCN2)nc[nH]c1=O. The van der Waals surface area contributed by atoms with Crippen LogP contribution in [0.1, 0.15) is 25.7 Å². The molecule has 2 fully saturated rings. The molecule has 6 heteroatoms. The molecule has 0 aromatic carbocycles. The zero-order valence-electron chi connectivity index (χ0n) is 11.1. The Labute approximate surface area is 112 Å². The summed E-state index contributed by atoms with van der Waals surface area (Å²) < 4.78 is 0. The van der Waals surface area contributed by atoms with Gasteiger partial charge in [-0.3, -0.25) is 4.79 Å². The van der Waals surface area contributed by atoms with Gasteiger partial charge in [-0.25, -0.2) is 4.98 Å². The van der Waals surface area contributed by atoms with Crippen LogP contribution < -0.4 is 21.5 Å². The summed E-state index contributed by atoms with van der Waals surface area (Å²) in [6.45, 7) is 2.93. The van der Waals surface area contributed by atoms with E-state index in [0.29, 0.717) is 11.9 Å². The summed E-state index contributed by atoms with van der Waals surface area (Å²) in [7, 11) is 0. The van der Waals surface area contributed by atoms with Crippen molar-refractivity contribution in [2.45, 2.75) is 31.7 Å². The number of nitrogens with one attached hydrogen (secondary N) is 2. The molecule has 1 aromatic heterocycles. The third-order valence-electron chi connectivity index (χ3n) is 3.95. The predicted molar refractivity (Wildman–Crippen MR) is 75.2 cm³/mol. The Morgan fingerprint density at radius 1 is 1.37 bits per heavy atom. The van der Waals surface area contributed by atoms with Gasteiger partial charge in [0.15, 0.2) is 5.82 Å². The van der Waals surface area contributed by atoms with Crippen molar-refractivity contribution in [3.05, 3.63) is 16.7 Å². The Kier molecular flexibility index (Phi) is 3.42. The number of anilines is 2. The van der Waals surface area contributed by atoms with Gasteiger partial charge in [0.1, 0.15) is 5.69 Å². The highest BCUT2D eigenvalue weighted by molar-refractivity contribution is 5.61. The van der Waals surface area contributed by atoms with Gasteiger partial charge in [0.2, 0.25) is 0 Å². The van der Waals surface area contributed by atoms with Crippen molar-refractivity contribution in [2.75, 3.05) is 30.3 Å². The maximum absolute atomic E-state index is 11.6. The van der Waals surface area contributed by atoms with Crippen molar-refractivity contribution in [1.82, 2.24) is 15.3 Å². The lowest BCUT2D eigenvalue weighted by atomic mass is 10.2. The molecule has 0 spiro atoms. The standard InChI is InChI=1S/C13H21N5O/c14-11-12(16-8-17-13(11)19)18(6-9-3-4-9)7-10-2-1-5-15-10/h8-10,15H,1-7,14H2,(H,16,17,19). The number of nitrogens with two attached hydrogens (primary N) is 1. The molecule has 2 heterocycles. The van der Waals surface area contributed by atoms with Crippen LogP contribution >= 0.6 is 0 Å². The summed E-state index contributed by atoms with van der Waals surface area (Å²) in [5.41, 5.74) is 5.88. The van der Waals surface area contributed by atoms with Gasteiger partial charge >= 0.3 is 0 Å². The first-order valence-electron chi connectivity index (χ1n) is 7.05. The summed E-state index contributed by atoms with van der Waals surface area (Å²) >= 11 is 0. The van der Waals surface area contributed by atoms with Crippen LogP contribution in [-0.4, -0.2) is 35.6 Å². The average Bonchev–Trinajstić information content (AvgIpc) is 3.06. The molecule has 0 bridgehead atoms. The van der Waals surface area contributed by atoms with Gasteiger partial charge in [-0.15, -0.1) is 0 Å². The van der Waals surface area contributed by atoms with Gasteiger partial charge in [-0.1, -0.05) is 0 Å². The lowest BCUT2D eigenvalue weighted by Gasteiger charge is -2.27. The van der Waals surface area contributed by atoms with E-state index in [1.165, 1.54) is 32.0 Å². The van der Waals surface area contributed by atoms with E-state index in [1.54, 1.807) is 0 Å². The van der Waals surface area contributed by atoms with Crippen molar-refractivity contribution in [3.63, 3.8) is 0 Å². The molecule has 6 nitrogen and oxygen atoms in total. The molecule has 1 unspecified atom stereocenters. The van der Waals surface area contributed by atoms with Crippen molar-refractivity contribution in [3.8, 4) is 0 Å². The Bertz CT molecular complexity index is 490. The molecule has 3 rings (SSSR count). The number of nitrogens with zero attached hydrogens (tertiary/aromatic N) is 2. The van der Waals surface area contributed by atoms with Gasteiger partial charge in [-0.05, 0) is 38.1 Å². The highest BCUT2D eigenvalue weighted by atomic mass is 16.1. The summed E-state index contributed by atoms with van der Waals surface area (Å²) in [5.74, 6) is 1.38. The fourth-order valence-electron chi connectivity index (χ4n) is 2.69. The smallest absolute Gasteiger partial charge is 0.276 e. The van der Waals surface area contributed by atoms with Crippen molar-refractivity contribution in [1.29, 1.82) is 0 Å². The fraction of sp³-hybridized carbons (Fsp3) is 0.692. The van der Waals surface area contributed by atoms with Gasteiger partial charge < -0.3 is 20.9 Å². The van der Waals surface area contributed by atoms with Crippen LogP contribution in [0.25, 0.3) is 0 Å². The molecular formula is C13H21N5O. The molecule has 1 saturated carbocycles. The topological polar surface area (TPSA) is 87.0 Å². The number of aromatic amines is 1. The Morgan fingerprint density at radius 3 is 2.89 bits per heavy atom. The van der Waals surface area contributed by atoms with Crippen LogP contribution in [0.2, 0.25) is 0 Å². The maximum atomic E-state index is 11.6. The Balaban J connectivity index is 1.80. The number of nitrogen functional groups attached to an aromatic ring is 1. The largest absolute Gasteiger partial charge is 0.391 e. The molecule has 1 aliphatic heterocycles. The number of aromatic nitrogens is 2. The van der Waals surface area contributed by atoms with Gasteiger partial charge in [0.05, 0.1) is 6.33 Å². The van der Waals surface area contributed by atoms with E-state index >= 15 is 0 Å². The molecule has 1 saturated heterocycles. The zero-order valence-corrected chi connectivity index (χ0v) is 11.1. The third-order valence-corrected chi connectivity index (χ3v) is 3.95. The monoisotopic (exact) mass is 263 g/mol. The summed E-state index contributed by atoms with van der Waals surface area (Å²) in [6, 6.07) is 0.485. The van der Waals surface area contributed by atoms with E-state index in [4.69, 9.17) is 5.73 Å². The minimum atomic E-state index is -0.245. The predicted octanol–water partition coefficient (Wildman–Crippen LogP) is 0.320. The van der Waals surface area contributed by atoms with Crippen molar-refractivity contribution >= 4 is 11.5 Å². The molecule has 19 heavy (non-hydrogen) atoms. The summed E-state index contributed by atoms with van der Waals surface area (Å²) in [4.78, 5) is 20.6. The highest BCUT2D eigenvalue weighted by Crippen LogP contribution is 2.32. The quantitative estimate of drug-likeness (QED) is 0.712. The molecule has 1 atom stereocenters. The van der Waals surface area contributed by atoms with E-state index in [0.717, 1.165) is 25.6 Å². The third kappa shape index (κ3) is 2.89. The summed E-state index contributed by atoms with van der Waals surface area (Å²) in [6.07, 6.45) is 6.40. The molecule has 104 valence electrons. The van der Waals surface area contributed by atoms with E-state index in [2.05, 4.69) is 20.2 Å². The van der Waals surface area contributed by atoms with Crippen LogP contribution in [0.15, 0.2) is 11.1 Å².